The molecule has 0 spiro atoms. The van der Waals surface area contributed by atoms with Crippen LogP contribution in [0.25, 0.3) is 0 Å². The number of nitrogens with one attached hydrogen (secondary N) is 1. The van der Waals surface area contributed by atoms with E-state index in [1.165, 1.54) is 17.0 Å². The van der Waals surface area contributed by atoms with Crippen LogP contribution in [0.5, 0.6) is 0 Å². The van der Waals surface area contributed by atoms with E-state index in [1.807, 2.05) is 6.92 Å². The smallest absolute Gasteiger partial charge is 0.410 e. The number of alkyl carbamates (subject to hydrolysis) is 1. The van der Waals surface area contributed by atoms with Crippen molar-refractivity contribution in [1.29, 1.82) is 0 Å². The molecule has 0 aromatic heterocycles. The highest BCUT2D eigenvalue weighted by Gasteiger charge is 2.23. The van der Waals surface area contributed by atoms with Crippen molar-refractivity contribution in [2.75, 3.05) is 19.7 Å². The number of hydrogen-bond acceptors (Lipinski definition) is 4. The Labute approximate surface area is 148 Å². The highest BCUT2D eigenvalue weighted by Crippen LogP contribution is 2.21. The van der Waals surface area contributed by atoms with Crippen LogP contribution in [-0.2, 0) is 9.47 Å². The van der Waals surface area contributed by atoms with E-state index in [0.717, 1.165) is 5.56 Å². The largest absolute Gasteiger partial charge is 0.450 e. The van der Waals surface area contributed by atoms with Gasteiger partial charge in [0.2, 0.25) is 0 Å². The van der Waals surface area contributed by atoms with Crippen molar-refractivity contribution in [3.05, 3.63) is 35.6 Å². The van der Waals surface area contributed by atoms with Crippen LogP contribution in [0.2, 0.25) is 0 Å². The Hall–Kier alpha value is -2.31. The average Bonchev–Trinajstić information content (AvgIpc) is 2.50. The molecule has 25 heavy (non-hydrogen) atoms. The Morgan fingerprint density at radius 2 is 1.84 bits per heavy atom. The third-order valence-corrected chi connectivity index (χ3v) is 3.34. The van der Waals surface area contributed by atoms with E-state index in [4.69, 9.17) is 9.47 Å². The first-order valence-electron chi connectivity index (χ1n) is 8.29. The third-order valence-electron chi connectivity index (χ3n) is 3.34. The molecule has 1 N–H and O–H groups in total. The molecule has 0 saturated heterocycles. The Morgan fingerprint density at radius 1 is 1.24 bits per heavy atom. The van der Waals surface area contributed by atoms with Crippen molar-refractivity contribution in [2.24, 2.45) is 0 Å². The molecule has 7 heteroatoms. The average molecular weight is 354 g/mol. The van der Waals surface area contributed by atoms with Gasteiger partial charge in [-0.15, -0.1) is 0 Å². The summed E-state index contributed by atoms with van der Waals surface area (Å²) in [6.07, 6.45) is -1.05. The molecular weight excluding hydrogens is 327 g/mol. The fourth-order valence-corrected chi connectivity index (χ4v) is 2.16. The molecule has 2 amide bonds. The van der Waals surface area contributed by atoms with Gasteiger partial charge in [-0.3, -0.25) is 4.90 Å². The van der Waals surface area contributed by atoms with Gasteiger partial charge in [-0.25, -0.2) is 14.0 Å². The van der Waals surface area contributed by atoms with Gasteiger partial charge < -0.3 is 14.8 Å². The van der Waals surface area contributed by atoms with E-state index in [2.05, 4.69) is 5.32 Å². The first kappa shape index (κ1) is 20.7. The lowest BCUT2D eigenvalue weighted by Crippen LogP contribution is -2.41. The summed E-state index contributed by atoms with van der Waals surface area (Å²) in [6, 6.07) is 5.59. The molecule has 0 radical (unpaired) electrons. The van der Waals surface area contributed by atoms with Gasteiger partial charge in [-0.1, -0.05) is 12.1 Å². The van der Waals surface area contributed by atoms with Gasteiger partial charge in [0.1, 0.15) is 11.4 Å². The second kappa shape index (κ2) is 9.25. The van der Waals surface area contributed by atoms with E-state index in [1.54, 1.807) is 39.8 Å². The molecular formula is C18H27FN2O4. The van der Waals surface area contributed by atoms with Crippen molar-refractivity contribution in [2.45, 2.75) is 46.3 Å². The maximum atomic E-state index is 13.1. The van der Waals surface area contributed by atoms with Gasteiger partial charge in [0, 0.05) is 13.1 Å². The van der Waals surface area contributed by atoms with Gasteiger partial charge in [0.25, 0.3) is 0 Å². The van der Waals surface area contributed by atoms with Crippen LogP contribution in [0, 0.1) is 5.82 Å². The molecule has 6 nitrogen and oxygen atoms in total. The zero-order valence-corrected chi connectivity index (χ0v) is 15.5. The molecule has 1 aromatic rings. The molecule has 0 aliphatic carbocycles. The summed E-state index contributed by atoms with van der Waals surface area (Å²) in [5.74, 6) is -0.342. The van der Waals surface area contributed by atoms with Crippen molar-refractivity contribution in [1.82, 2.24) is 10.2 Å². The van der Waals surface area contributed by atoms with Crippen LogP contribution < -0.4 is 5.32 Å². The third kappa shape index (κ3) is 7.41. The van der Waals surface area contributed by atoms with Crippen molar-refractivity contribution in [3.8, 4) is 0 Å². The zero-order chi connectivity index (χ0) is 19.0. The lowest BCUT2D eigenvalue weighted by molar-refractivity contribution is 0.0510. The van der Waals surface area contributed by atoms with Crippen LogP contribution >= 0.6 is 0 Å². The summed E-state index contributed by atoms with van der Waals surface area (Å²) >= 11 is 0. The number of rotatable bonds is 6. The van der Waals surface area contributed by atoms with Crippen LogP contribution in [0.4, 0.5) is 14.0 Å². The molecule has 140 valence electrons. The summed E-state index contributed by atoms with van der Waals surface area (Å²) in [4.78, 5) is 25.4. The number of nitrogens with zero attached hydrogens (tertiary/aromatic N) is 1. The monoisotopic (exact) mass is 354 g/mol. The van der Waals surface area contributed by atoms with Crippen LogP contribution in [0.15, 0.2) is 24.3 Å². The van der Waals surface area contributed by atoms with E-state index in [-0.39, 0.29) is 31.6 Å². The lowest BCUT2D eigenvalue weighted by Gasteiger charge is -2.29. The zero-order valence-electron chi connectivity index (χ0n) is 15.5. The molecule has 0 aliphatic rings. The van der Waals surface area contributed by atoms with Crippen LogP contribution in [0.1, 0.15) is 46.2 Å². The maximum absolute atomic E-state index is 13.1. The predicted molar refractivity (Wildman–Crippen MR) is 92.8 cm³/mol. The first-order valence-corrected chi connectivity index (χ1v) is 8.29. The van der Waals surface area contributed by atoms with Crippen LogP contribution in [0.3, 0.4) is 0 Å². The standard InChI is InChI=1S/C18H27FN2O4/c1-6-24-17(23)21(12-11-20-16(22)25-18(3,4)5)13(2)14-7-9-15(19)10-8-14/h7-10,13H,6,11-12H2,1-5H3,(H,20,22)/t13-/m0/s1. The normalized spacial score (nSPS) is 12.2. The Balaban J connectivity index is 2.72. The molecule has 0 aliphatic heterocycles. The van der Waals surface area contributed by atoms with Gasteiger partial charge in [-0.2, -0.15) is 0 Å². The molecule has 0 bridgehead atoms. The number of ether oxygens (including phenoxy) is 2. The van der Waals surface area contributed by atoms with Crippen LogP contribution in [-0.4, -0.2) is 42.4 Å². The van der Waals surface area contributed by atoms with Gasteiger partial charge in [0.15, 0.2) is 0 Å². The summed E-state index contributed by atoms with van der Waals surface area (Å²) in [5.41, 5.74) is 0.179. The summed E-state index contributed by atoms with van der Waals surface area (Å²) < 4.78 is 23.3. The Bertz CT molecular complexity index is 569. The van der Waals surface area contributed by atoms with Gasteiger partial charge in [-0.05, 0) is 52.3 Å². The minimum absolute atomic E-state index is 0.208. The van der Waals surface area contributed by atoms with E-state index in [0.29, 0.717) is 0 Å². The molecule has 0 saturated carbocycles. The molecule has 0 heterocycles. The van der Waals surface area contributed by atoms with E-state index >= 15 is 0 Å². The second-order valence-corrected chi connectivity index (χ2v) is 6.55. The van der Waals surface area contributed by atoms with E-state index in [9.17, 15) is 14.0 Å². The minimum Gasteiger partial charge on any atom is -0.450 e. The predicted octanol–water partition coefficient (Wildman–Crippen LogP) is 3.87. The van der Waals surface area contributed by atoms with Crippen molar-refractivity contribution >= 4 is 12.2 Å². The highest BCUT2D eigenvalue weighted by molar-refractivity contribution is 5.69. The van der Waals surface area contributed by atoms with E-state index < -0.39 is 17.8 Å². The Kier molecular flexibility index (Phi) is 7.67. The first-order chi connectivity index (χ1) is 11.6. The van der Waals surface area contributed by atoms with Gasteiger partial charge in [0.05, 0.1) is 12.6 Å². The topological polar surface area (TPSA) is 67.9 Å². The van der Waals surface area contributed by atoms with Gasteiger partial charge >= 0.3 is 12.2 Å². The molecule has 0 unspecified atom stereocenters. The highest BCUT2D eigenvalue weighted by atomic mass is 19.1. The summed E-state index contributed by atoms with van der Waals surface area (Å²) in [7, 11) is 0. The molecule has 1 aromatic carbocycles. The molecule has 0 fully saturated rings. The number of halogens is 1. The quantitative estimate of drug-likeness (QED) is 0.842. The minimum atomic E-state index is -0.591. The number of amides is 2. The lowest BCUT2D eigenvalue weighted by atomic mass is 10.1. The van der Waals surface area contributed by atoms with Crippen molar-refractivity contribution in [3.63, 3.8) is 0 Å². The SMILES string of the molecule is CCOC(=O)N(CCNC(=O)OC(C)(C)C)[C@@H](C)c1ccc(F)cc1. The maximum Gasteiger partial charge on any atom is 0.410 e. The van der Waals surface area contributed by atoms with Crippen molar-refractivity contribution < 1.29 is 23.5 Å². The number of benzene rings is 1. The summed E-state index contributed by atoms with van der Waals surface area (Å²) in [5, 5.41) is 2.61. The Morgan fingerprint density at radius 3 is 2.36 bits per heavy atom. The number of carbonyl (C=O) groups is 2. The fraction of sp³-hybridized carbons (Fsp3) is 0.556. The second-order valence-electron chi connectivity index (χ2n) is 6.55. The summed E-state index contributed by atoms with van der Waals surface area (Å²) in [6.45, 7) is 9.53. The molecule has 1 atom stereocenters. The number of hydrogen-bond donors (Lipinski definition) is 1. The fourth-order valence-electron chi connectivity index (χ4n) is 2.16. The number of carbonyl (C=O) groups excluding carboxylic acids is 2. The molecule has 1 rings (SSSR count).